The molecule has 1 saturated heterocycles. The summed E-state index contributed by atoms with van der Waals surface area (Å²) in [6, 6.07) is 1.65. The molecule has 1 aromatic rings. The van der Waals surface area contributed by atoms with Gasteiger partial charge in [-0.2, -0.15) is 0 Å². The molecule has 0 radical (unpaired) electrons. The fourth-order valence-corrected chi connectivity index (χ4v) is 1.78. The summed E-state index contributed by atoms with van der Waals surface area (Å²) in [5.41, 5.74) is 1.06. The molecule has 0 amide bonds. The van der Waals surface area contributed by atoms with Gasteiger partial charge in [0.2, 0.25) is 0 Å². The molecule has 1 aliphatic heterocycles. The zero-order chi connectivity index (χ0) is 11.5. The Morgan fingerprint density at radius 2 is 2.38 bits per heavy atom. The van der Waals surface area contributed by atoms with Gasteiger partial charge in [0.1, 0.15) is 5.82 Å². The lowest BCUT2D eigenvalue weighted by atomic mass is 10.1. The largest absolute Gasteiger partial charge is 0.464 e. The number of carbonyl (C=O) groups is 1. The van der Waals surface area contributed by atoms with E-state index in [1.807, 2.05) is 0 Å². The molecule has 5 nitrogen and oxygen atoms in total. The third kappa shape index (κ3) is 2.19. The fraction of sp³-hybridized carbons (Fsp3) is 0.545. The van der Waals surface area contributed by atoms with Gasteiger partial charge in [0.05, 0.1) is 18.9 Å². The second-order valence-electron chi connectivity index (χ2n) is 3.72. The van der Waals surface area contributed by atoms with Crippen LogP contribution in [0.15, 0.2) is 6.07 Å². The molecule has 0 saturated carbocycles. The van der Waals surface area contributed by atoms with E-state index in [0.29, 0.717) is 11.5 Å². The summed E-state index contributed by atoms with van der Waals surface area (Å²) in [7, 11) is 1.34. The smallest absolute Gasteiger partial charge is 0.356 e. The zero-order valence-electron chi connectivity index (χ0n) is 9.40. The van der Waals surface area contributed by atoms with Crippen LogP contribution in [0, 0.1) is 6.92 Å². The number of nitrogens with zero attached hydrogens (tertiary/aromatic N) is 2. The van der Waals surface area contributed by atoms with Crippen molar-refractivity contribution in [2.24, 2.45) is 0 Å². The molecular formula is C11H14N2O3. The topological polar surface area (TPSA) is 61.3 Å². The molecule has 0 N–H and O–H groups in total. The highest BCUT2D eigenvalue weighted by atomic mass is 16.5. The third-order valence-corrected chi connectivity index (χ3v) is 2.51. The minimum atomic E-state index is -0.440. The molecule has 5 heteroatoms. The van der Waals surface area contributed by atoms with Crippen LogP contribution >= 0.6 is 0 Å². The lowest BCUT2D eigenvalue weighted by molar-refractivity contribution is 0.0592. The average Bonchev–Trinajstić information content (AvgIpc) is 2.80. The third-order valence-electron chi connectivity index (χ3n) is 2.51. The number of methoxy groups -OCH3 is 1. The first-order valence-corrected chi connectivity index (χ1v) is 5.26. The van der Waals surface area contributed by atoms with Gasteiger partial charge >= 0.3 is 5.97 Å². The van der Waals surface area contributed by atoms with Crippen LogP contribution in [0.25, 0.3) is 0 Å². The quantitative estimate of drug-likeness (QED) is 0.708. The van der Waals surface area contributed by atoms with Crippen molar-refractivity contribution in [3.63, 3.8) is 0 Å². The van der Waals surface area contributed by atoms with Gasteiger partial charge in [0.25, 0.3) is 0 Å². The molecule has 1 atom stereocenters. The number of aryl methyl sites for hydroxylation is 1. The molecule has 2 heterocycles. The van der Waals surface area contributed by atoms with E-state index in [1.165, 1.54) is 7.11 Å². The predicted octanol–water partition coefficient (Wildman–Crippen LogP) is 1.42. The number of hydrogen-bond acceptors (Lipinski definition) is 5. The van der Waals surface area contributed by atoms with E-state index in [9.17, 15) is 4.79 Å². The van der Waals surface area contributed by atoms with Crippen LogP contribution in [0.2, 0.25) is 0 Å². The Morgan fingerprint density at radius 3 is 3.00 bits per heavy atom. The number of rotatable bonds is 2. The molecule has 1 aromatic heterocycles. The minimum Gasteiger partial charge on any atom is -0.464 e. The van der Waals surface area contributed by atoms with Gasteiger partial charge in [0, 0.05) is 6.61 Å². The van der Waals surface area contributed by atoms with E-state index in [0.717, 1.165) is 25.1 Å². The SMILES string of the molecule is COC(=O)c1cc(C2CCCO2)nc(C)n1. The van der Waals surface area contributed by atoms with E-state index in [4.69, 9.17) is 4.74 Å². The van der Waals surface area contributed by atoms with E-state index in [2.05, 4.69) is 14.7 Å². The monoisotopic (exact) mass is 222 g/mol. The molecule has 86 valence electrons. The summed E-state index contributed by atoms with van der Waals surface area (Å²) < 4.78 is 10.2. The Balaban J connectivity index is 2.31. The number of hydrogen-bond donors (Lipinski definition) is 0. The van der Waals surface area contributed by atoms with Crippen molar-refractivity contribution < 1.29 is 14.3 Å². The number of carbonyl (C=O) groups excluding carboxylic acids is 1. The molecule has 2 rings (SSSR count). The summed E-state index contributed by atoms with van der Waals surface area (Å²) >= 11 is 0. The van der Waals surface area contributed by atoms with Gasteiger partial charge in [-0.05, 0) is 25.8 Å². The van der Waals surface area contributed by atoms with Crippen LogP contribution in [0.4, 0.5) is 0 Å². The maximum Gasteiger partial charge on any atom is 0.356 e. The highest BCUT2D eigenvalue weighted by Crippen LogP contribution is 2.27. The van der Waals surface area contributed by atoms with Crippen LogP contribution in [-0.2, 0) is 9.47 Å². The van der Waals surface area contributed by atoms with E-state index in [-0.39, 0.29) is 6.10 Å². The van der Waals surface area contributed by atoms with Crippen LogP contribution in [0.1, 0.15) is 41.0 Å². The average molecular weight is 222 g/mol. The molecule has 0 spiro atoms. The van der Waals surface area contributed by atoms with Crippen molar-refractivity contribution in [1.82, 2.24) is 9.97 Å². The Bertz CT molecular complexity index is 400. The predicted molar refractivity (Wildman–Crippen MR) is 56.0 cm³/mol. The van der Waals surface area contributed by atoms with Gasteiger partial charge < -0.3 is 9.47 Å². The molecule has 1 unspecified atom stereocenters. The molecule has 0 bridgehead atoms. The Kier molecular flexibility index (Phi) is 3.14. The van der Waals surface area contributed by atoms with Gasteiger partial charge in [-0.3, -0.25) is 0 Å². The van der Waals surface area contributed by atoms with Gasteiger partial charge in [-0.25, -0.2) is 14.8 Å². The van der Waals surface area contributed by atoms with Gasteiger partial charge in [0.15, 0.2) is 5.69 Å². The van der Waals surface area contributed by atoms with Crippen LogP contribution in [0.3, 0.4) is 0 Å². The molecule has 16 heavy (non-hydrogen) atoms. The van der Waals surface area contributed by atoms with Crippen molar-refractivity contribution in [1.29, 1.82) is 0 Å². The fourth-order valence-electron chi connectivity index (χ4n) is 1.78. The van der Waals surface area contributed by atoms with Crippen molar-refractivity contribution >= 4 is 5.97 Å². The first-order valence-electron chi connectivity index (χ1n) is 5.26. The van der Waals surface area contributed by atoms with Gasteiger partial charge in [-0.15, -0.1) is 0 Å². The van der Waals surface area contributed by atoms with Crippen molar-refractivity contribution in [3.8, 4) is 0 Å². The number of esters is 1. The minimum absolute atomic E-state index is 0.00916. The highest BCUT2D eigenvalue weighted by molar-refractivity contribution is 5.87. The van der Waals surface area contributed by atoms with Crippen molar-refractivity contribution in [3.05, 3.63) is 23.3 Å². The Hall–Kier alpha value is -1.49. The summed E-state index contributed by atoms with van der Waals surface area (Å²) in [6.45, 7) is 2.51. The van der Waals surface area contributed by atoms with Crippen molar-refractivity contribution in [2.75, 3.05) is 13.7 Å². The van der Waals surface area contributed by atoms with E-state index in [1.54, 1.807) is 13.0 Å². The lowest BCUT2D eigenvalue weighted by Gasteiger charge is -2.10. The molecule has 1 fully saturated rings. The standard InChI is InChI=1S/C11H14N2O3/c1-7-12-8(10-4-3-5-16-10)6-9(13-7)11(14)15-2/h6,10H,3-5H2,1-2H3. The van der Waals surface area contributed by atoms with E-state index >= 15 is 0 Å². The first kappa shape index (κ1) is 11.0. The number of aromatic nitrogens is 2. The van der Waals surface area contributed by atoms with E-state index < -0.39 is 5.97 Å². The molecule has 0 aliphatic carbocycles. The lowest BCUT2D eigenvalue weighted by Crippen LogP contribution is -2.10. The summed E-state index contributed by atoms with van der Waals surface area (Å²) in [6.07, 6.45) is 1.96. The van der Waals surface area contributed by atoms with Crippen LogP contribution in [-0.4, -0.2) is 29.7 Å². The summed E-state index contributed by atoms with van der Waals surface area (Å²) in [5, 5.41) is 0. The Labute approximate surface area is 93.8 Å². The van der Waals surface area contributed by atoms with Crippen molar-refractivity contribution in [2.45, 2.75) is 25.9 Å². The van der Waals surface area contributed by atoms with Gasteiger partial charge in [-0.1, -0.05) is 0 Å². The highest BCUT2D eigenvalue weighted by Gasteiger charge is 2.21. The first-order chi connectivity index (χ1) is 7.70. The normalized spacial score (nSPS) is 19.8. The Morgan fingerprint density at radius 1 is 1.56 bits per heavy atom. The molecule has 0 aromatic carbocycles. The summed E-state index contributed by atoms with van der Waals surface area (Å²) in [4.78, 5) is 19.7. The maximum absolute atomic E-state index is 11.4. The second-order valence-corrected chi connectivity index (χ2v) is 3.72. The number of ether oxygens (including phenoxy) is 2. The molecule has 1 aliphatic rings. The summed E-state index contributed by atoms with van der Waals surface area (Å²) in [5.74, 6) is 0.123. The van der Waals surface area contributed by atoms with Crippen LogP contribution in [0.5, 0.6) is 0 Å². The second kappa shape index (κ2) is 4.57. The van der Waals surface area contributed by atoms with Crippen LogP contribution < -0.4 is 0 Å². The zero-order valence-corrected chi connectivity index (χ0v) is 9.40. The maximum atomic E-state index is 11.4. The molecular weight excluding hydrogens is 208 g/mol.